The Balaban J connectivity index is 1.72. The lowest BCUT2D eigenvalue weighted by Gasteiger charge is -2.42. The Morgan fingerprint density at radius 1 is 1.36 bits per heavy atom. The highest BCUT2D eigenvalue weighted by atomic mass is 32.2. The average molecular weight is 325 g/mol. The molecule has 0 aromatic carbocycles. The fourth-order valence-corrected chi connectivity index (χ4v) is 4.65. The number of hydrogen-bond acceptors (Lipinski definition) is 5. The molecule has 7 heteroatoms. The maximum absolute atomic E-state index is 11.8. The molecule has 22 heavy (non-hydrogen) atoms. The molecular formula is C15H23N3O3S. The summed E-state index contributed by atoms with van der Waals surface area (Å²) in [6, 6.07) is 4.01. The molecule has 1 aromatic heterocycles. The molecule has 0 radical (unpaired) electrons. The molecule has 0 amide bonds. The van der Waals surface area contributed by atoms with Crippen LogP contribution in [0, 0.1) is 11.3 Å². The van der Waals surface area contributed by atoms with Gasteiger partial charge in [-0.2, -0.15) is 0 Å². The van der Waals surface area contributed by atoms with Gasteiger partial charge in [0, 0.05) is 44.0 Å². The molecule has 3 heterocycles. The third kappa shape index (κ3) is 3.03. The van der Waals surface area contributed by atoms with Crippen LogP contribution in [0.3, 0.4) is 0 Å². The van der Waals surface area contributed by atoms with E-state index >= 15 is 0 Å². The topological polar surface area (TPSA) is 73.7 Å². The number of sulfonamides is 1. The van der Waals surface area contributed by atoms with Crippen molar-refractivity contribution in [3.8, 4) is 0 Å². The maximum atomic E-state index is 11.8. The van der Waals surface area contributed by atoms with E-state index in [2.05, 4.69) is 9.88 Å². The van der Waals surface area contributed by atoms with Crippen molar-refractivity contribution in [3.05, 3.63) is 30.1 Å². The summed E-state index contributed by atoms with van der Waals surface area (Å²) in [5.41, 5.74) is 0.946. The van der Waals surface area contributed by atoms with Crippen molar-refractivity contribution in [1.29, 1.82) is 0 Å². The number of aromatic nitrogens is 1. The number of nitrogens with zero attached hydrogens (tertiary/aromatic N) is 3. The average Bonchev–Trinajstić information content (AvgIpc) is 2.88. The van der Waals surface area contributed by atoms with E-state index in [0.29, 0.717) is 13.1 Å². The van der Waals surface area contributed by atoms with Crippen molar-refractivity contribution in [2.45, 2.75) is 13.0 Å². The summed E-state index contributed by atoms with van der Waals surface area (Å²) in [5.74, 6) is 0.197. The molecule has 2 atom stereocenters. The second-order valence-corrected chi connectivity index (χ2v) is 8.60. The molecule has 3 rings (SSSR count). The smallest absolute Gasteiger partial charge is 0.211 e. The van der Waals surface area contributed by atoms with Gasteiger partial charge >= 0.3 is 0 Å². The Morgan fingerprint density at radius 2 is 2.09 bits per heavy atom. The second-order valence-electron chi connectivity index (χ2n) is 6.61. The minimum absolute atomic E-state index is 0.0623. The van der Waals surface area contributed by atoms with Crippen molar-refractivity contribution in [2.75, 3.05) is 39.0 Å². The minimum atomic E-state index is -3.19. The second kappa shape index (κ2) is 5.88. The zero-order chi connectivity index (χ0) is 15.8. The first kappa shape index (κ1) is 15.9. The summed E-state index contributed by atoms with van der Waals surface area (Å²) in [6.07, 6.45) is 5.67. The maximum Gasteiger partial charge on any atom is 0.211 e. The Labute approximate surface area is 131 Å². The van der Waals surface area contributed by atoms with Gasteiger partial charge in [0.1, 0.15) is 0 Å². The molecule has 2 aliphatic rings. The van der Waals surface area contributed by atoms with Crippen molar-refractivity contribution in [1.82, 2.24) is 14.2 Å². The number of aliphatic hydroxyl groups is 1. The van der Waals surface area contributed by atoms with Crippen LogP contribution in [0.15, 0.2) is 24.5 Å². The van der Waals surface area contributed by atoms with Crippen LogP contribution < -0.4 is 0 Å². The number of pyridine rings is 1. The van der Waals surface area contributed by atoms with Crippen LogP contribution in [0.2, 0.25) is 0 Å². The lowest BCUT2D eigenvalue weighted by molar-refractivity contribution is 0.0170. The summed E-state index contributed by atoms with van der Waals surface area (Å²) in [7, 11) is -3.19. The first-order valence-corrected chi connectivity index (χ1v) is 9.45. The van der Waals surface area contributed by atoms with Gasteiger partial charge in [-0.1, -0.05) is 0 Å². The summed E-state index contributed by atoms with van der Waals surface area (Å²) in [4.78, 5) is 6.37. The van der Waals surface area contributed by atoms with Crippen LogP contribution in [0.1, 0.15) is 12.0 Å². The quantitative estimate of drug-likeness (QED) is 0.853. The Morgan fingerprint density at radius 3 is 2.73 bits per heavy atom. The lowest BCUT2D eigenvalue weighted by atomic mass is 9.73. The zero-order valence-electron chi connectivity index (χ0n) is 12.9. The van der Waals surface area contributed by atoms with E-state index in [4.69, 9.17) is 0 Å². The van der Waals surface area contributed by atoms with Gasteiger partial charge in [-0.25, -0.2) is 12.7 Å². The van der Waals surface area contributed by atoms with Crippen LogP contribution in [0.5, 0.6) is 0 Å². The van der Waals surface area contributed by atoms with E-state index in [-0.39, 0.29) is 17.9 Å². The molecule has 0 spiro atoms. The third-order valence-electron chi connectivity index (χ3n) is 5.13. The summed E-state index contributed by atoms with van der Waals surface area (Å²) in [6.45, 7) is 3.60. The van der Waals surface area contributed by atoms with Crippen molar-refractivity contribution in [2.24, 2.45) is 11.3 Å². The summed E-state index contributed by atoms with van der Waals surface area (Å²) < 4.78 is 25.2. The highest BCUT2D eigenvalue weighted by molar-refractivity contribution is 7.88. The van der Waals surface area contributed by atoms with E-state index in [1.807, 2.05) is 12.1 Å². The molecule has 0 aliphatic carbocycles. The number of aliphatic hydroxyl groups excluding tert-OH is 1. The first-order chi connectivity index (χ1) is 10.4. The SMILES string of the molecule is CS(=O)(=O)N1C[C@H]2CN(Cc3ccncc3)CC[C@@]2(CO)C1. The molecule has 2 fully saturated rings. The number of hydrogen-bond donors (Lipinski definition) is 1. The third-order valence-corrected chi connectivity index (χ3v) is 6.34. The van der Waals surface area contributed by atoms with Crippen LogP contribution in [0.25, 0.3) is 0 Å². The normalized spacial score (nSPS) is 30.4. The summed E-state index contributed by atoms with van der Waals surface area (Å²) in [5, 5.41) is 9.86. The number of likely N-dealkylation sites (tertiary alicyclic amines) is 1. The highest BCUT2D eigenvalue weighted by Crippen LogP contribution is 2.43. The van der Waals surface area contributed by atoms with Crippen LogP contribution in [-0.2, 0) is 16.6 Å². The number of rotatable bonds is 4. The van der Waals surface area contributed by atoms with Gasteiger partial charge in [0.15, 0.2) is 0 Å². The fraction of sp³-hybridized carbons (Fsp3) is 0.667. The van der Waals surface area contributed by atoms with Gasteiger partial charge < -0.3 is 5.11 Å². The zero-order valence-corrected chi connectivity index (χ0v) is 13.7. The largest absolute Gasteiger partial charge is 0.396 e. The van der Waals surface area contributed by atoms with Gasteiger partial charge in [0.25, 0.3) is 0 Å². The number of fused-ring (bicyclic) bond motifs is 1. The molecular weight excluding hydrogens is 302 g/mol. The molecule has 1 N–H and O–H groups in total. The van der Waals surface area contributed by atoms with Gasteiger partial charge in [-0.05, 0) is 36.6 Å². The Kier molecular flexibility index (Phi) is 4.24. The molecule has 2 saturated heterocycles. The van der Waals surface area contributed by atoms with Gasteiger partial charge in [0.05, 0.1) is 12.9 Å². The van der Waals surface area contributed by atoms with E-state index in [9.17, 15) is 13.5 Å². The van der Waals surface area contributed by atoms with Crippen LogP contribution in [0.4, 0.5) is 0 Å². The van der Waals surface area contributed by atoms with Crippen molar-refractivity contribution in [3.63, 3.8) is 0 Å². The Bertz CT molecular complexity index is 622. The van der Waals surface area contributed by atoms with Crippen LogP contribution in [-0.4, -0.2) is 66.8 Å². The summed E-state index contributed by atoms with van der Waals surface area (Å²) >= 11 is 0. The van der Waals surface area contributed by atoms with Gasteiger partial charge in [0.2, 0.25) is 10.0 Å². The molecule has 6 nitrogen and oxygen atoms in total. The molecule has 1 aromatic rings. The van der Waals surface area contributed by atoms with E-state index < -0.39 is 10.0 Å². The van der Waals surface area contributed by atoms with Gasteiger partial charge in [-0.3, -0.25) is 9.88 Å². The highest BCUT2D eigenvalue weighted by Gasteiger charge is 2.51. The molecule has 0 saturated carbocycles. The fourth-order valence-electron chi connectivity index (χ4n) is 3.70. The molecule has 122 valence electrons. The van der Waals surface area contributed by atoms with E-state index in [1.165, 1.54) is 16.1 Å². The monoisotopic (exact) mass is 325 g/mol. The molecule has 0 bridgehead atoms. The molecule has 2 aliphatic heterocycles. The van der Waals surface area contributed by atoms with Crippen molar-refractivity contribution < 1.29 is 13.5 Å². The van der Waals surface area contributed by atoms with Gasteiger partial charge in [-0.15, -0.1) is 0 Å². The number of piperidine rings is 1. The predicted octanol–water partition coefficient (Wildman–Crippen LogP) is 0.157. The minimum Gasteiger partial charge on any atom is -0.396 e. The first-order valence-electron chi connectivity index (χ1n) is 7.60. The van der Waals surface area contributed by atoms with Crippen LogP contribution >= 0.6 is 0 Å². The van der Waals surface area contributed by atoms with Crippen molar-refractivity contribution >= 4 is 10.0 Å². The van der Waals surface area contributed by atoms with E-state index in [1.54, 1.807) is 12.4 Å². The molecule has 0 unspecified atom stereocenters. The van der Waals surface area contributed by atoms with E-state index in [0.717, 1.165) is 26.1 Å². The Hall–Kier alpha value is -1.02. The lowest BCUT2D eigenvalue weighted by Crippen LogP contribution is -2.48. The predicted molar refractivity (Wildman–Crippen MR) is 83.6 cm³/mol. The standard InChI is InChI=1S/C15H23N3O3S/c1-22(20,21)18-10-14-9-17(7-4-15(14,11-18)12-19)8-13-2-5-16-6-3-13/h2-3,5-6,14,19H,4,7-12H2,1H3/t14-,15+/m1/s1.